The maximum atomic E-state index is 4.62. The molecule has 1 aromatic rings. The molecule has 2 nitrogen and oxygen atoms in total. The molecule has 96 valence electrons. The molecule has 1 N–H and O–H groups in total. The Hall–Kier alpha value is -0.410. The number of hydrogen-bond acceptors (Lipinski definition) is 3. The third-order valence-corrected chi connectivity index (χ3v) is 4.72. The average Bonchev–Trinajstić information content (AvgIpc) is 2.58. The van der Waals surface area contributed by atoms with E-state index in [1.807, 2.05) is 11.3 Å². The van der Waals surface area contributed by atoms with Crippen molar-refractivity contribution in [3.63, 3.8) is 0 Å². The van der Waals surface area contributed by atoms with Crippen LogP contribution in [0.2, 0.25) is 0 Å². The summed E-state index contributed by atoms with van der Waals surface area (Å²) in [5, 5.41) is 7.18. The molecule has 1 fully saturated rings. The highest BCUT2D eigenvalue weighted by Crippen LogP contribution is 2.27. The number of thiazole rings is 1. The monoisotopic (exact) mass is 252 g/mol. The zero-order chi connectivity index (χ0) is 12.1. The van der Waals surface area contributed by atoms with Crippen molar-refractivity contribution in [3.05, 3.63) is 16.1 Å². The molecule has 1 aliphatic carbocycles. The molecule has 0 bridgehead atoms. The van der Waals surface area contributed by atoms with Gasteiger partial charge < -0.3 is 5.32 Å². The van der Waals surface area contributed by atoms with Gasteiger partial charge in [-0.15, -0.1) is 11.3 Å². The molecule has 0 saturated heterocycles. The van der Waals surface area contributed by atoms with E-state index in [4.69, 9.17) is 0 Å². The van der Waals surface area contributed by atoms with Gasteiger partial charge in [0.25, 0.3) is 0 Å². The number of nitrogens with zero attached hydrogens (tertiary/aromatic N) is 1. The molecule has 1 aromatic heterocycles. The fourth-order valence-corrected chi connectivity index (χ4v) is 3.75. The molecule has 0 amide bonds. The molecule has 0 aliphatic heterocycles. The van der Waals surface area contributed by atoms with E-state index in [9.17, 15) is 0 Å². The Morgan fingerprint density at radius 1 is 1.35 bits per heavy atom. The minimum atomic E-state index is 0.715. The zero-order valence-corrected chi connectivity index (χ0v) is 11.9. The van der Waals surface area contributed by atoms with E-state index < -0.39 is 0 Å². The van der Waals surface area contributed by atoms with Gasteiger partial charge >= 0.3 is 0 Å². The van der Waals surface area contributed by atoms with Crippen LogP contribution in [0, 0.1) is 12.8 Å². The van der Waals surface area contributed by atoms with Crippen LogP contribution in [0.5, 0.6) is 0 Å². The molecule has 1 saturated carbocycles. The van der Waals surface area contributed by atoms with Gasteiger partial charge in [0.1, 0.15) is 0 Å². The summed E-state index contributed by atoms with van der Waals surface area (Å²) in [6.07, 6.45) is 8.10. The SMILES string of the molecule is CCNC1CCCCCC1Cc1nc(C)cs1. The van der Waals surface area contributed by atoms with Crippen LogP contribution in [-0.2, 0) is 6.42 Å². The summed E-state index contributed by atoms with van der Waals surface area (Å²) in [7, 11) is 0. The van der Waals surface area contributed by atoms with Crippen LogP contribution in [0.4, 0.5) is 0 Å². The lowest BCUT2D eigenvalue weighted by atomic mass is 9.91. The Kier molecular flexibility index (Phi) is 4.99. The predicted octanol–water partition coefficient (Wildman–Crippen LogP) is 3.55. The summed E-state index contributed by atoms with van der Waals surface area (Å²) in [5.41, 5.74) is 1.18. The summed E-state index contributed by atoms with van der Waals surface area (Å²) in [5.74, 6) is 0.794. The van der Waals surface area contributed by atoms with E-state index in [-0.39, 0.29) is 0 Å². The fraction of sp³-hybridized carbons (Fsp3) is 0.786. The van der Waals surface area contributed by atoms with Crippen molar-refractivity contribution in [2.45, 2.75) is 58.4 Å². The zero-order valence-electron chi connectivity index (χ0n) is 11.0. The molecule has 0 radical (unpaired) electrons. The van der Waals surface area contributed by atoms with Crippen molar-refractivity contribution >= 4 is 11.3 Å². The largest absolute Gasteiger partial charge is 0.314 e. The Morgan fingerprint density at radius 3 is 2.88 bits per heavy atom. The minimum Gasteiger partial charge on any atom is -0.314 e. The molecular formula is C14H24N2S. The van der Waals surface area contributed by atoms with Gasteiger partial charge in [-0.2, -0.15) is 0 Å². The van der Waals surface area contributed by atoms with E-state index in [2.05, 4.69) is 29.5 Å². The lowest BCUT2D eigenvalue weighted by molar-refractivity contribution is 0.337. The van der Waals surface area contributed by atoms with E-state index >= 15 is 0 Å². The topological polar surface area (TPSA) is 24.9 Å². The number of hydrogen-bond donors (Lipinski definition) is 1. The predicted molar refractivity (Wildman–Crippen MR) is 74.6 cm³/mol. The van der Waals surface area contributed by atoms with Gasteiger partial charge in [0.15, 0.2) is 0 Å². The highest BCUT2D eigenvalue weighted by Gasteiger charge is 2.23. The summed E-state index contributed by atoms with van der Waals surface area (Å²) in [6, 6.07) is 0.715. The Morgan fingerprint density at radius 2 is 2.18 bits per heavy atom. The molecule has 2 atom stereocenters. The van der Waals surface area contributed by atoms with E-state index in [0.717, 1.165) is 12.5 Å². The summed E-state index contributed by atoms with van der Waals surface area (Å²) in [6.45, 7) is 5.41. The third-order valence-electron chi connectivity index (χ3n) is 3.73. The standard InChI is InChI=1S/C14H24N2S/c1-3-15-13-8-6-4-5-7-12(13)9-14-16-11(2)10-17-14/h10,12-13,15H,3-9H2,1-2H3. The highest BCUT2D eigenvalue weighted by atomic mass is 32.1. The van der Waals surface area contributed by atoms with E-state index in [0.29, 0.717) is 6.04 Å². The van der Waals surface area contributed by atoms with Crippen LogP contribution < -0.4 is 5.32 Å². The first-order valence-electron chi connectivity index (χ1n) is 6.94. The number of rotatable bonds is 4. The summed E-state index contributed by atoms with van der Waals surface area (Å²) in [4.78, 5) is 4.62. The molecule has 0 spiro atoms. The van der Waals surface area contributed by atoms with Gasteiger partial charge in [0, 0.05) is 23.5 Å². The van der Waals surface area contributed by atoms with Crippen LogP contribution in [0.15, 0.2) is 5.38 Å². The van der Waals surface area contributed by atoms with Crippen molar-refractivity contribution in [2.75, 3.05) is 6.54 Å². The number of aryl methyl sites for hydroxylation is 1. The third kappa shape index (κ3) is 3.78. The minimum absolute atomic E-state index is 0.715. The van der Waals surface area contributed by atoms with Gasteiger partial charge in [0.05, 0.1) is 5.01 Å². The Labute approximate surface area is 109 Å². The van der Waals surface area contributed by atoms with Crippen LogP contribution >= 0.6 is 11.3 Å². The maximum Gasteiger partial charge on any atom is 0.0931 e. The van der Waals surface area contributed by atoms with Gasteiger partial charge in [-0.25, -0.2) is 4.98 Å². The maximum absolute atomic E-state index is 4.62. The van der Waals surface area contributed by atoms with Crippen LogP contribution in [0.3, 0.4) is 0 Å². The second-order valence-electron chi connectivity index (χ2n) is 5.15. The van der Waals surface area contributed by atoms with Gasteiger partial charge in [-0.1, -0.05) is 26.2 Å². The normalized spacial score (nSPS) is 25.8. The second kappa shape index (κ2) is 6.50. The van der Waals surface area contributed by atoms with Crippen LogP contribution in [0.25, 0.3) is 0 Å². The fourth-order valence-electron chi connectivity index (χ4n) is 2.88. The molecule has 2 rings (SSSR count). The molecule has 1 aliphatic rings. The first-order valence-corrected chi connectivity index (χ1v) is 7.82. The lowest BCUT2D eigenvalue weighted by Crippen LogP contribution is -2.36. The van der Waals surface area contributed by atoms with E-state index in [1.54, 1.807) is 0 Å². The second-order valence-corrected chi connectivity index (χ2v) is 6.09. The first kappa shape index (κ1) is 13.0. The smallest absolute Gasteiger partial charge is 0.0931 e. The van der Waals surface area contributed by atoms with E-state index in [1.165, 1.54) is 49.2 Å². The van der Waals surface area contributed by atoms with Crippen molar-refractivity contribution in [1.82, 2.24) is 10.3 Å². The van der Waals surface area contributed by atoms with Crippen molar-refractivity contribution in [2.24, 2.45) is 5.92 Å². The Bertz CT molecular complexity index is 335. The first-order chi connectivity index (χ1) is 8.29. The number of aromatic nitrogens is 1. The Balaban J connectivity index is 1.99. The van der Waals surface area contributed by atoms with Gasteiger partial charge in [-0.3, -0.25) is 0 Å². The lowest BCUT2D eigenvalue weighted by Gasteiger charge is -2.25. The van der Waals surface area contributed by atoms with Crippen LogP contribution in [0.1, 0.15) is 49.7 Å². The van der Waals surface area contributed by atoms with Crippen LogP contribution in [-0.4, -0.2) is 17.6 Å². The van der Waals surface area contributed by atoms with Crippen molar-refractivity contribution in [1.29, 1.82) is 0 Å². The summed E-state index contributed by atoms with van der Waals surface area (Å²) < 4.78 is 0. The van der Waals surface area contributed by atoms with Crippen molar-refractivity contribution in [3.8, 4) is 0 Å². The highest BCUT2D eigenvalue weighted by molar-refractivity contribution is 7.09. The number of nitrogens with one attached hydrogen (secondary N) is 1. The quantitative estimate of drug-likeness (QED) is 0.829. The molecule has 17 heavy (non-hydrogen) atoms. The molecule has 2 unspecified atom stereocenters. The molecule has 3 heteroatoms. The van der Waals surface area contributed by atoms with Gasteiger partial charge in [0.2, 0.25) is 0 Å². The molecule has 0 aromatic carbocycles. The summed E-state index contributed by atoms with van der Waals surface area (Å²) >= 11 is 1.83. The van der Waals surface area contributed by atoms with Gasteiger partial charge in [-0.05, 0) is 32.2 Å². The van der Waals surface area contributed by atoms with Crippen molar-refractivity contribution < 1.29 is 0 Å². The molecular weight excluding hydrogens is 228 g/mol. The average molecular weight is 252 g/mol. The molecule has 1 heterocycles.